The number of benzene rings is 1. The molecule has 4 nitrogen and oxygen atoms in total. The Kier molecular flexibility index (Phi) is 4.12. The first-order valence-corrected chi connectivity index (χ1v) is 8.20. The Morgan fingerprint density at radius 2 is 2.14 bits per heavy atom. The summed E-state index contributed by atoms with van der Waals surface area (Å²) in [5.74, 6) is -0.0864. The summed E-state index contributed by atoms with van der Waals surface area (Å²) in [7, 11) is 1.62. The second-order valence-electron chi connectivity index (χ2n) is 4.89. The SMILES string of the molecule is CNC(=O)c1cc2c(C)nn(Cc3ccc(Cl)cc3Cl)c2s1. The summed E-state index contributed by atoms with van der Waals surface area (Å²) in [4.78, 5) is 13.4. The lowest BCUT2D eigenvalue weighted by Gasteiger charge is -2.05. The molecule has 22 heavy (non-hydrogen) atoms. The van der Waals surface area contributed by atoms with Gasteiger partial charge in [-0.1, -0.05) is 29.3 Å². The van der Waals surface area contributed by atoms with Crippen LogP contribution in [0.4, 0.5) is 0 Å². The lowest BCUT2D eigenvalue weighted by molar-refractivity contribution is 0.0967. The van der Waals surface area contributed by atoms with E-state index in [-0.39, 0.29) is 5.91 Å². The van der Waals surface area contributed by atoms with E-state index < -0.39 is 0 Å². The molecule has 0 aliphatic carbocycles. The van der Waals surface area contributed by atoms with Crippen molar-refractivity contribution >= 4 is 50.7 Å². The number of aryl methyl sites for hydroxylation is 1. The third-order valence-corrected chi connectivity index (χ3v) is 5.13. The molecule has 3 aromatic rings. The van der Waals surface area contributed by atoms with Crippen molar-refractivity contribution in [2.45, 2.75) is 13.5 Å². The molecule has 3 rings (SSSR count). The minimum atomic E-state index is -0.0864. The Morgan fingerprint density at radius 1 is 1.36 bits per heavy atom. The zero-order chi connectivity index (χ0) is 15.9. The van der Waals surface area contributed by atoms with Crippen LogP contribution in [0, 0.1) is 6.92 Å². The van der Waals surface area contributed by atoms with Crippen molar-refractivity contribution in [1.82, 2.24) is 15.1 Å². The van der Waals surface area contributed by atoms with Crippen LogP contribution in [0.15, 0.2) is 24.3 Å². The molecule has 0 spiro atoms. The number of hydrogen-bond acceptors (Lipinski definition) is 3. The van der Waals surface area contributed by atoms with Crippen molar-refractivity contribution in [3.8, 4) is 0 Å². The highest BCUT2D eigenvalue weighted by atomic mass is 35.5. The van der Waals surface area contributed by atoms with Gasteiger partial charge in [-0.05, 0) is 30.7 Å². The minimum Gasteiger partial charge on any atom is -0.354 e. The monoisotopic (exact) mass is 353 g/mol. The summed E-state index contributed by atoms with van der Waals surface area (Å²) in [5.41, 5.74) is 1.83. The van der Waals surface area contributed by atoms with Gasteiger partial charge < -0.3 is 5.32 Å². The number of hydrogen-bond donors (Lipinski definition) is 1. The molecule has 0 fully saturated rings. The molecule has 0 aliphatic rings. The lowest BCUT2D eigenvalue weighted by Crippen LogP contribution is -2.16. The Balaban J connectivity index is 2.03. The van der Waals surface area contributed by atoms with E-state index in [9.17, 15) is 4.79 Å². The van der Waals surface area contributed by atoms with E-state index in [4.69, 9.17) is 23.2 Å². The van der Waals surface area contributed by atoms with Crippen molar-refractivity contribution in [3.63, 3.8) is 0 Å². The van der Waals surface area contributed by atoms with E-state index in [0.717, 1.165) is 21.5 Å². The van der Waals surface area contributed by atoms with Gasteiger partial charge in [-0.2, -0.15) is 5.10 Å². The smallest absolute Gasteiger partial charge is 0.261 e. The van der Waals surface area contributed by atoms with Gasteiger partial charge in [-0.15, -0.1) is 11.3 Å². The Labute approximate surface area is 141 Å². The second-order valence-corrected chi connectivity index (χ2v) is 6.76. The van der Waals surface area contributed by atoms with Gasteiger partial charge in [-0.3, -0.25) is 9.48 Å². The number of halogens is 2. The molecule has 0 unspecified atom stereocenters. The van der Waals surface area contributed by atoms with Gasteiger partial charge >= 0.3 is 0 Å². The molecule has 1 amide bonds. The largest absolute Gasteiger partial charge is 0.354 e. The summed E-state index contributed by atoms with van der Waals surface area (Å²) in [6.45, 7) is 2.47. The number of amides is 1. The standard InChI is InChI=1S/C15H13Cl2N3OS/c1-8-11-6-13(14(21)18-2)22-15(11)20(19-8)7-9-3-4-10(16)5-12(9)17/h3-6H,7H2,1-2H3,(H,18,21). The molecule has 1 N–H and O–H groups in total. The maximum Gasteiger partial charge on any atom is 0.261 e. The summed E-state index contributed by atoms with van der Waals surface area (Å²) in [6, 6.07) is 7.29. The number of thiophene rings is 1. The number of fused-ring (bicyclic) bond motifs is 1. The van der Waals surface area contributed by atoms with E-state index in [1.165, 1.54) is 11.3 Å². The zero-order valence-corrected chi connectivity index (χ0v) is 14.3. The molecule has 1 aromatic carbocycles. The average Bonchev–Trinajstić information content (AvgIpc) is 3.03. The predicted octanol–water partition coefficient (Wildman–Crippen LogP) is 4.12. The van der Waals surface area contributed by atoms with E-state index >= 15 is 0 Å². The van der Waals surface area contributed by atoms with Gasteiger partial charge in [0.15, 0.2) is 0 Å². The maximum atomic E-state index is 11.8. The molecular formula is C15H13Cl2N3OS. The molecule has 0 saturated carbocycles. The van der Waals surface area contributed by atoms with Crippen LogP contribution in [0.1, 0.15) is 20.9 Å². The van der Waals surface area contributed by atoms with Crippen molar-refractivity contribution in [2.75, 3.05) is 7.05 Å². The van der Waals surface area contributed by atoms with Crippen LogP contribution in [0.2, 0.25) is 10.0 Å². The number of carbonyl (C=O) groups is 1. The number of carbonyl (C=O) groups excluding carboxylic acids is 1. The van der Waals surface area contributed by atoms with E-state index in [1.807, 2.05) is 23.7 Å². The van der Waals surface area contributed by atoms with Crippen molar-refractivity contribution in [2.24, 2.45) is 0 Å². The van der Waals surface area contributed by atoms with Gasteiger partial charge in [-0.25, -0.2) is 0 Å². The van der Waals surface area contributed by atoms with Gasteiger partial charge in [0.05, 0.1) is 17.1 Å². The number of nitrogens with one attached hydrogen (secondary N) is 1. The lowest BCUT2D eigenvalue weighted by atomic mass is 10.2. The Morgan fingerprint density at radius 3 is 2.82 bits per heavy atom. The van der Waals surface area contributed by atoms with Crippen LogP contribution in [0.25, 0.3) is 10.2 Å². The summed E-state index contributed by atoms with van der Waals surface area (Å²) >= 11 is 13.6. The second kappa shape index (κ2) is 5.91. The fourth-order valence-corrected chi connectivity index (χ4v) is 3.84. The van der Waals surface area contributed by atoms with Gasteiger partial charge in [0.1, 0.15) is 4.83 Å². The number of aromatic nitrogens is 2. The topological polar surface area (TPSA) is 46.9 Å². The van der Waals surface area contributed by atoms with Crippen LogP contribution in [0.5, 0.6) is 0 Å². The molecule has 7 heteroatoms. The molecule has 114 valence electrons. The first-order chi connectivity index (χ1) is 10.5. The third kappa shape index (κ3) is 2.72. The molecule has 0 saturated heterocycles. The molecular weight excluding hydrogens is 341 g/mol. The van der Waals surface area contributed by atoms with Gasteiger partial charge in [0.2, 0.25) is 0 Å². The number of nitrogens with zero attached hydrogens (tertiary/aromatic N) is 2. The molecule has 2 aromatic heterocycles. The van der Waals surface area contributed by atoms with E-state index in [2.05, 4.69) is 10.4 Å². The third-order valence-electron chi connectivity index (χ3n) is 3.39. The predicted molar refractivity (Wildman–Crippen MR) is 91.3 cm³/mol. The highest BCUT2D eigenvalue weighted by molar-refractivity contribution is 7.20. The van der Waals surface area contributed by atoms with Crippen LogP contribution >= 0.6 is 34.5 Å². The van der Waals surface area contributed by atoms with Crippen molar-refractivity contribution in [3.05, 3.63) is 50.4 Å². The molecule has 0 radical (unpaired) electrons. The first kappa shape index (κ1) is 15.3. The molecule has 0 atom stereocenters. The highest BCUT2D eigenvalue weighted by Gasteiger charge is 2.16. The first-order valence-electron chi connectivity index (χ1n) is 6.62. The van der Waals surface area contributed by atoms with Crippen LogP contribution in [0.3, 0.4) is 0 Å². The molecule has 2 heterocycles. The fourth-order valence-electron chi connectivity index (χ4n) is 2.27. The van der Waals surface area contributed by atoms with Crippen molar-refractivity contribution < 1.29 is 4.79 Å². The van der Waals surface area contributed by atoms with Gasteiger partial charge in [0.25, 0.3) is 5.91 Å². The van der Waals surface area contributed by atoms with Crippen LogP contribution < -0.4 is 5.32 Å². The average molecular weight is 354 g/mol. The quantitative estimate of drug-likeness (QED) is 0.769. The Hall–Kier alpha value is -1.56. The normalized spacial score (nSPS) is 11.1. The summed E-state index contributed by atoms with van der Waals surface area (Å²) < 4.78 is 1.87. The molecule has 0 aliphatic heterocycles. The van der Waals surface area contributed by atoms with Crippen LogP contribution in [-0.2, 0) is 6.54 Å². The summed E-state index contributed by atoms with van der Waals surface area (Å²) in [5, 5.41) is 9.39. The summed E-state index contributed by atoms with van der Waals surface area (Å²) in [6.07, 6.45) is 0. The maximum absolute atomic E-state index is 11.8. The van der Waals surface area contributed by atoms with Gasteiger partial charge in [0, 0.05) is 22.5 Å². The highest BCUT2D eigenvalue weighted by Crippen LogP contribution is 2.30. The fraction of sp³-hybridized carbons (Fsp3) is 0.200. The van der Waals surface area contributed by atoms with Crippen LogP contribution in [-0.4, -0.2) is 22.7 Å². The number of rotatable bonds is 3. The van der Waals surface area contributed by atoms with Crippen molar-refractivity contribution in [1.29, 1.82) is 0 Å². The zero-order valence-electron chi connectivity index (χ0n) is 12.0. The van der Waals surface area contributed by atoms with E-state index in [1.54, 1.807) is 19.2 Å². The van der Waals surface area contributed by atoms with E-state index in [0.29, 0.717) is 21.5 Å². The molecule has 0 bridgehead atoms. The minimum absolute atomic E-state index is 0.0864. The Bertz CT molecular complexity index is 869.